The summed E-state index contributed by atoms with van der Waals surface area (Å²) in [6.07, 6.45) is 0. The van der Waals surface area contributed by atoms with Gasteiger partial charge in [-0.2, -0.15) is 5.20 Å². The Hall–Kier alpha value is -0.0100. The molecule has 0 aromatic rings. The number of nitrogens with zero attached hydrogens (tertiary/aromatic N) is 2. The number of hydrogen-bond donors (Lipinski definition) is 2. The number of ether oxygens (including phenoxy) is 2. The van der Waals surface area contributed by atoms with Crippen molar-refractivity contribution in [2.45, 2.75) is 0 Å². The molecule has 2 rings (SSSR count). The van der Waals surface area contributed by atoms with Crippen LogP contribution in [-0.4, -0.2) is 61.9 Å². The Kier molecular flexibility index (Phi) is 4.32. The van der Waals surface area contributed by atoms with Gasteiger partial charge in [-0.1, -0.05) is 0 Å². The molecular weight excluding hydrogens is 231 g/mol. The summed E-state index contributed by atoms with van der Waals surface area (Å²) in [5, 5.41) is 2.51. The van der Waals surface area contributed by atoms with Crippen LogP contribution in [0.25, 0.3) is 0 Å². The lowest BCUT2D eigenvalue weighted by Crippen LogP contribution is -2.48. The first-order chi connectivity index (χ1) is 7.77. The van der Waals surface area contributed by atoms with Crippen molar-refractivity contribution in [2.24, 2.45) is 5.84 Å². The summed E-state index contributed by atoms with van der Waals surface area (Å²) in [4.78, 5) is 0. The van der Waals surface area contributed by atoms with Gasteiger partial charge in [-0.15, -0.1) is 0 Å². The Bertz CT molecular complexity index is 244. The van der Waals surface area contributed by atoms with Crippen LogP contribution in [0.1, 0.15) is 0 Å². The molecule has 0 aromatic carbocycles. The molecule has 2 aliphatic rings. The number of rotatable bonds is 3. The molecule has 8 heteroatoms. The number of morpholine rings is 2. The minimum atomic E-state index is -2.82. The normalized spacial score (nSPS) is 25.8. The summed E-state index contributed by atoms with van der Waals surface area (Å²) in [5.74, 6) is 5.49. The number of hydrazine groups is 1. The van der Waals surface area contributed by atoms with E-state index in [9.17, 15) is 4.57 Å². The first-order valence-electron chi connectivity index (χ1n) is 5.51. The Morgan fingerprint density at radius 2 is 1.31 bits per heavy atom. The minimum Gasteiger partial charge on any atom is -0.379 e. The first kappa shape index (κ1) is 12.4. The molecule has 2 fully saturated rings. The molecule has 0 aliphatic carbocycles. The van der Waals surface area contributed by atoms with Crippen LogP contribution < -0.4 is 11.0 Å². The molecule has 0 radical (unpaired) electrons. The Labute approximate surface area is 95.3 Å². The van der Waals surface area contributed by atoms with Gasteiger partial charge in [0, 0.05) is 26.2 Å². The van der Waals surface area contributed by atoms with Crippen LogP contribution in [0, 0.1) is 0 Å². The van der Waals surface area contributed by atoms with Gasteiger partial charge in [0.05, 0.1) is 26.4 Å². The fourth-order valence-corrected chi connectivity index (χ4v) is 4.09. The molecule has 7 nitrogen and oxygen atoms in total. The molecule has 2 saturated heterocycles. The second-order valence-corrected chi connectivity index (χ2v) is 6.28. The Morgan fingerprint density at radius 3 is 1.62 bits per heavy atom. The van der Waals surface area contributed by atoms with E-state index in [1.165, 1.54) is 0 Å². The highest BCUT2D eigenvalue weighted by atomic mass is 31.2. The maximum absolute atomic E-state index is 12.8. The zero-order valence-electron chi connectivity index (χ0n) is 9.30. The molecule has 0 amide bonds. The van der Waals surface area contributed by atoms with Crippen molar-refractivity contribution in [1.29, 1.82) is 0 Å². The molecule has 0 atom stereocenters. The first-order valence-corrected chi connectivity index (χ1v) is 7.13. The van der Waals surface area contributed by atoms with Gasteiger partial charge in [0.1, 0.15) is 0 Å². The molecule has 0 saturated carbocycles. The van der Waals surface area contributed by atoms with E-state index in [0.29, 0.717) is 52.6 Å². The van der Waals surface area contributed by atoms with Gasteiger partial charge >= 0.3 is 0 Å². The van der Waals surface area contributed by atoms with Crippen LogP contribution in [0.4, 0.5) is 0 Å². The number of hydrogen-bond acceptors (Lipinski definition) is 4. The number of nitrogens with one attached hydrogen (secondary N) is 1. The second-order valence-electron chi connectivity index (χ2n) is 3.81. The largest absolute Gasteiger partial charge is 0.379 e. The summed E-state index contributed by atoms with van der Waals surface area (Å²) in [6, 6.07) is 0. The van der Waals surface area contributed by atoms with Crippen molar-refractivity contribution in [3.8, 4) is 0 Å². The smallest absolute Gasteiger partial charge is 0.297 e. The molecule has 0 aromatic heterocycles. The highest BCUT2D eigenvalue weighted by molar-refractivity contribution is 7.56. The molecule has 2 heterocycles. The van der Waals surface area contributed by atoms with E-state index in [2.05, 4.69) is 5.20 Å². The highest BCUT2D eigenvalue weighted by Gasteiger charge is 2.37. The number of nitrogens with two attached hydrogens (primary N) is 1. The van der Waals surface area contributed by atoms with E-state index >= 15 is 0 Å². The van der Waals surface area contributed by atoms with Crippen LogP contribution in [0.3, 0.4) is 0 Å². The van der Waals surface area contributed by atoms with Crippen molar-refractivity contribution in [2.75, 3.05) is 52.6 Å². The van der Waals surface area contributed by atoms with Crippen LogP contribution >= 0.6 is 7.59 Å². The third kappa shape index (κ3) is 2.46. The second kappa shape index (κ2) is 5.55. The third-order valence-electron chi connectivity index (χ3n) is 2.91. The van der Waals surface area contributed by atoms with Crippen LogP contribution in [0.15, 0.2) is 0 Å². The van der Waals surface area contributed by atoms with Crippen molar-refractivity contribution < 1.29 is 14.0 Å². The van der Waals surface area contributed by atoms with E-state index in [-0.39, 0.29) is 0 Å². The predicted octanol–water partition coefficient (Wildman–Crippen LogP) is -0.778. The topological polar surface area (TPSA) is 80.1 Å². The van der Waals surface area contributed by atoms with Gasteiger partial charge in [-0.25, -0.2) is 9.34 Å². The van der Waals surface area contributed by atoms with E-state index < -0.39 is 7.59 Å². The van der Waals surface area contributed by atoms with Crippen LogP contribution in [-0.2, 0) is 14.0 Å². The SMILES string of the molecule is NNP(=O)(N1CCOCC1)N1CCOCC1. The van der Waals surface area contributed by atoms with Gasteiger partial charge in [-0.05, 0) is 0 Å². The zero-order valence-corrected chi connectivity index (χ0v) is 10.2. The van der Waals surface area contributed by atoms with Crippen LogP contribution in [0.5, 0.6) is 0 Å². The minimum absolute atomic E-state index is 0.607. The molecule has 0 spiro atoms. The molecular formula is C8H19N4O3P. The molecule has 3 N–H and O–H groups in total. The highest BCUT2D eigenvalue weighted by Crippen LogP contribution is 2.48. The molecule has 2 aliphatic heterocycles. The molecule has 0 unspecified atom stereocenters. The van der Waals surface area contributed by atoms with E-state index in [1.807, 2.05) is 9.34 Å². The lowest BCUT2D eigenvalue weighted by molar-refractivity contribution is 0.0510. The Balaban J connectivity index is 2.06. The van der Waals surface area contributed by atoms with Gasteiger partial charge in [0.2, 0.25) is 0 Å². The summed E-state index contributed by atoms with van der Waals surface area (Å²) < 4.78 is 27.1. The Morgan fingerprint density at radius 1 is 0.938 bits per heavy atom. The van der Waals surface area contributed by atoms with Crippen molar-refractivity contribution in [3.05, 3.63) is 0 Å². The van der Waals surface area contributed by atoms with Crippen molar-refractivity contribution >= 4 is 7.59 Å². The van der Waals surface area contributed by atoms with Crippen molar-refractivity contribution in [1.82, 2.24) is 14.5 Å². The average molecular weight is 250 g/mol. The lowest BCUT2D eigenvalue weighted by atomic mass is 10.5. The summed E-state index contributed by atoms with van der Waals surface area (Å²) in [7, 11) is -2.82. The average Bonchev–Trinajstić information content (AvgIpc) is 2.40. The van der Waals surface area contributed by atoms with Crippen molar-refractivity contribution in [3.63, 3.8) is 0 Å². The molecule has 16 heavy (non-hydrogen) atoms. The summed E-state index contributed by atoms with van der Waals surface area (Å²) >= 11 is 0. The van der Waals surface area contributed by atoms with E-state index in [4.69, 9.17) is 15.3 Å². The fraction of sp³-hybridized carbons (Fsp3) is 1.00. The third-order valence-corrected chi connectivity index (χ3v) is 5.58. The van der Waals surface area contributed by atoms with Gasteiger partial charge in [-0.3, -0.25) is 10.4 Å². The standard InChI is InChI=1S/C8H19N4O3P/c9-10-16(13,11-1-5-14-6-2-11)12-3-7-15-8-4-12/h1-9H2,(H,10,13). The zero-order chi connectivity index (χ0) is 11.4. The summed E-state index contributed by atoms with van der Waals surface area (Å²) in [5.41, 5.74) is 0. The van der Waals surface area contributed by atoms with Gasteiger partial charge < -0.3 is 9.47 Å². The summed E-state index contributed by atoms with van der Waals surface area (Å²) in [6.45, 7) is 5.04. The fourth-order valence-electron chi connectivity index (χ4n) is 1.99. The maximum Gasteiger partial charge on any atom is 0.297 e. The molecule has 94 valence electrons. The monoisotopic (exact) mass is 250 g/mol. The van der Waals surface area contributed by atoms with E-state index in [0.717, 1.165) is 0 Å². The van der Waals surface area contributed by atoms with Crippen LogP contribution in [0.2, 0.25) is 0 Å². The van der Waals surface area contributed by atoms with Gasteiger partial charge in [0.25, 0.3) is 7.59 Å². The maximum atomic E-state index is 12.8. The van der Waals surface area contributed by atoms with E-state index in [1.54, 1.807) is 0 Å². The predicted molar refractivity (Wildman–Crippen MR) is 59.7 cm³/mol. The quantitative estimate of drug-likeness (QED) is 0.386. The van der Waals surface area contributed by atoms with Gasteiger partial charge in [0.15, 0.2) is 0 Å². The lowest BCUT2D eigenvalue weighted by Gasteiger charge is -2.41. The molecule has 0 bridgehead atoms.